The molecular formula is C52H97NO5. The third kappa shape index (κ3) is 40.8. The van der Waals surface area contributed by atoms with Crippen molar-refractivity contribution in [3.63, 3.8) is 0 Å². The van der Waals surface area contributed by atoms with Crippen LogP contribution >= 0.6 is 0 Å². The molecule has 0 aromatic heterocycles. The van der Waals surface area contributed by atoms with E-state index in [1.54, 1.807) is 0 Å². The van der Waals surface area contributed by atoms with Crippen molar-refractivity contribution in [1.82, 2.24) is 5.32 Å². The molecular weight excluding hydrogens is 719 g/mol. The van der Waals surface area contributed by atoms with Crippen LogP contribution in [0.2, 0.25) is 0 Å². The van der Waals surface area contributed by atoms with Gasteiger partial charge in [0, 0.05) is 6.42 Å². The van der Waals surface area contributed by atoms with Crippen LogP contribution in [0, 0.1) is 0 Å². The largest absolute Gasteiger partial charge is 0.462 e. The van der Waals surface area contributed by atoms with Crippen LogP contribution in [0.3, 0.4) is 0 Å². The number of hydrogen-bond acceptors (Lipinski definition) is 5. The Morgan fingerprint density at radius 3 is 1.36 bits per heavy atom. The molecule has 6 heteroatoms. The second kappa shape index (κ2) is 46.2. The zero-order chi connectivity index (χ0) is 42.4. The molecule has 1 amide bonds. The Kier molecular flexibility index (Phi) is 44.6. The van der Waals surface area contributed by atoms with Gasteiger partial charge in [-0.1, -0.05) is 218 Å². The van der Waals surface area contributed by atoms with Crippen molar-refractivity contribution in [2.45, 2.75) is 277 Å². The van der Waals surface area contributed by atoms with Crippen LogP contribution in [-0.4, -0.2) is 46.9 Å². The summed E-state index contributed by atoms with van der Waals surface area (Å²) in [6.07, 6.45) is 53.4. The van der Waals surface area contributed by atoms with Gasteiger partial charge in [0.2, 0.25) is 5.91 Å². The second-order valence-electron chi connectivity index (χ2n) is 17.2. The van der Waals surface area contributed by atoms with Gasteiger partial charge in [-0.25, -0.2) is 0 Å². The normalized spacial score (nSPS) is 13.5. The Morgan fingerprint density at radius 2 is 0.879 bits per heavy atom. The average Bonchev–Trinajstić information content (AvgIpc) is 3.22. The van der Waals surface area contributed by atoms with Crippen LogP contribution in [0.15, 0.2) is 36.5 Å². The SMILES string of the molecule is CCCCC/C=C\C/C=C\C/C=C\CCCCCCC(CC(=O)NC(CO)C(O)CCCCCCCCCCCC)OC(=O)CCCCCCCCCCCCCC. The zero-order valence-corrected chi connectivity index (χ0v) is 38.7. The second-order valence-corrected chi connectivity index (χ2v) is 17.2. The molecule has 0 heterocycles. The van der Waals surface area contributed by atoms with E-state index in [-0.39, 0.29) is 24.9 Å². The zero-order valence-electron chi connectivity index (χ0n) is 38.7. The number of ether oxygens (including phenoxy) is 1. The van der Waals surface area contributed by atoms with E-state index in [1.807, 2.05) is 0 Å². The van der Waals surface area contributed by atoms with Gasteiger partial charge in [0.25, 0.3) is 0 Å². The Labute approximate surface area is 360 Å². The smallest absolute Gasteiger partial charge is 0.306 e. The van der Waals surface area contributed by atoms with Crippen molar-refractivity contribution in [1.29, 1.82) is 0 Å². The van der Waals surface area contributed by atoms with Gasteiger partial charge in [0.1, 0.15) is 6.10 Å². The van der Waals surface area contributed by atoms with E-state index in [1.165, 1.54) is 128 Å². The molecule has 0 aromatic rings. The minimum absolute atomic E-state index is 0.0660. The van der Waals surface area contributed by atoms with Gasteiger partial charge in [0.05, 0.1) is 25.2 Å². The van der Waals surface area contributed by atoms with Crippen molar-refractivity contribution < 1.29 is 24.5 Å². The van der Waals surface area contributed by atoms with Crippen molar-refractivity contribution in [3.05, 3.63) is 36.5 Å². The summed E-state index contributed by atoms with van der Waals surface area (Å²) in [6, 6.07) is -0.704. The van der Waals surface area contributed by atoms with Crippen LogP contribution in [-0.2, 0) is 14.3 Å². The summed E-state index contributed by atoms with van der Waals surface area (Å²) in [4.78, 5) is 26.1. The van der Waals surface area contributed by atoms with Gasteiger partial charge >= 0.3 is 5.97 Å². The molecule has 0 fully saturated rings. The summed E-state index contributed by atoms with van der Waals surface area (Å²) in [6.45, 7) is 6.44. The van der Waals surface area contributed by atoms with Gasteiger partial charge in [-0.3, -0.25) is 9.59 Å². The first-order valence-electron chi connectivity index (χ1n) is 25.2. The number of carbonyl (C=O) groups excluding carboxylic acids is 2. The van der Waals surface area contributed by atoms with Crippen molar-refractivity contribution in [3.8, 4) is 0 Å². The number of allylic oxidation sites excluding steroid dienone is 6. The van der Waals surface area contributed by atoms with Crippen molar-refractivity contribution >= 4 is 11.9 Å². The molecule has 3 unspecified atom stereocenters. The van der Waals surface area contributed by atoms with E-state index >= 15 is 0 Å². The fourth-order valence-corrected chi connectivity index (χ4v) is 7.61. The van der Waals surface area contributed by atoms with E-state index in [4.69, 9.17) is 4.74 Å². The molecule has 0 bridgehead atoms. The number of amides is 1. The maximum atomic E-state index is 13.2. The fourth-order valence-electron chi connectivity index (χ4n) is 7.61. The Balaban J connectivity index is 4.63. The lowest BCUT2D eigenvalue weighted by Crippen LogP contribution is -2.46. The molecule has 0 saturated heterocycles. The van der Waals surface area contributed by atoms with Gasteiger partial charge in [0.15, 0.2) is 0 Å². The average molecular weight is 816 g/mol. The number of nitrogens with one attached hydrogen (secondary N) is 1. The van der Waals surface area contributed by atoms with Gasteiger partial charge < -0.3 is 20.3 Å². The Hall–Kier alpha value is -1.92. The molecule has 6 nitrogen and oxygen atoms in total. The molecule has 0 aliphatic heterocycles. The number of rotatable bonds is 45. The van der Waals surface area contributed by atoms with Crippen LogP contribution < -0.4 is 5.32 Å². The van der Waals surface area contributed by atoms with Crippen molar-refractivity contribution in [2.75, 3.05) is 6.61 Å². The van der Waals surface area contributed by atoms with Gasteiger partial charge in [-0.2, -0.15) is 0 Å². The summed E-state index contributed by atoms with van der Waals surface area (Å²) in [5.74, 6) is -0.488. The van der Waals surface area contributed by atoms with Crippen LogP contribution in [0.25, 0.3) is 0 Å². The van der Waals surface area contributed by atoms with E-state index in [0.29, 0.717) is 19.3 Å². The number of unbranched alkanes of at least 4 members (excludes halogenated alkanes) is 27. The maximum Gasteiger partial charge on any atom is 0.306 e. The molecule has 3 atom stereocenters. The highest BCUT2D eigenvalue weighted by molar-refractivity contribution is 5.77. The van der Waals surface area contributed by atoms with E-state index in [2.05, 4.69) is 62.5 Å². The molecule has 0 rings (SSSR count). The molecule has 0 radical (unpaired) electrons. The molecule has 58 heavy (non-hydrogen) atoms. The first-order chi connectivity index (χ1) is 28.5. The van der Waals surface area contributed by atoms with Crippen molar-refractivity contribution in [2.24, 2.45) is 0 Å². The van der Waals surface area contributed by atoms with E-state index in [0.717, 1.165) is 83.5 Å². The summed E-state index contributed by atoms with van der Waals surface area (Å²) in [5.41, 5.74) is 0. The number of aliphatic hydroxyl groups excluding tert-OH is 2. The highest BCUT2D eigenvalue weighted by Crippen LogP contribution is 2.18. The summed E-state index contributed by atoms with van der Waals surface area (Å²) >= 11 is 0. The number of aliphatic hydroxyl groups is 2. The lowest BCUT2D eigenvalue weighted by atomic mass is 10.0. The molecule has 340 valence electrons. The fraction of sp³-hybridized carbons (Fsp3) is 0.846. The summed E-state index contributed by atoms with van der Waals surface area (Å²) < 4.78 is 5.92. The quantitative estimate of drug-likeness (QED) is 0.0323. The Bertz CT molecular complexity index is 961. The first-order valence-corrected chi connectivity index (χ1v) is 25.2. The summed E-state index contributed by atoms with van der Waals surface area (Å²) in [7, 11) is 0. The van der Waals surface area contributed by atoms with Gasteiger partial charge in [-0.05, 0) is 64.2 Å². The number of esters is 1. The van der Waals surface area contributed by atoms with E-state index < -0.39 is 18.2 Å². The number of hydrogen-bond donors (Lipinski definition) is 3. The lowest BCUT2D eigenvalue weighted by molar-refractivity contribution is -0.151. The minimum Gasteiger partial charge on any atom is -0.462 e. The standard InChI is InChI=1S/C52H97NO5/c1-4-7-10-13-16-19-22-24-25-26-27-28-29-31-34-37-40-43-48(58-52(57)45-42-39-36-33-30-23-20-17-14-11-8-5-2)46-51(56)53-49(47-54)50(55)44-41-38-35-32-21-18-15-12-9-6-3/h16,19,24-25,27-28,48-50,54-55H,4-15,17-18,20-23,26,29-47H2,1-3H3,(H,53,56)/b19-16-,25-24-,28-27-. The summed E-state index contributed by atoms with van der Waals surface area (Å²) in [5, 5.41) is 23.7. The third-order valence-electron chi connectivity index (χ3n) is 11.5. The molecule has 0 aromatic carbocycles. The molecule has 3 N–H and O–H groups in total. The minimum atomic E-state index is -0.790. The molecule has 0 saturated carbocycles. The predicted octanol–water partition coefficient (Wildman–Crippen LogP) is 14.9. The monoisotopic (exact) mass is 816 g/mol. The van der Waals surface area contributed by atoms with Crippen LogP contribution in [0.1, 0.15) is 258 Å². The highest BCUT2D eigenvalue weighted by Gasteiger charge is 2.24. The highest BCUT2D eigenvalue weighted by atomic mass is 16.5. The van der Waals surface area contributed by atoms with Gasteiger partial charge in [-0.15, -0.1) is 0 Å². The molecule has 0 spiro atoms. The maximum absolute atomic E-state index is 13.2. The predicted molar refractivity (Wildman–Crippen MR) is 250 cm³/mol. The molecule has 0 aliphatic carbocycles. The molecule has 0 aliphatic rings. The first kappa shape index (κ1) is 56.1. The Morgan fingerprint density at radius 1 is 0.500 bits per heavy atom. The van der Waals surface area contributed by atoms with Crippen LogP contribution in [0.4, 0.5) is 0 Å². The lowest BCUT2D eigenvalue weighted by Gasteiger charge is -2.24. The number of carbonyl (C=O) groups is 2. The van der Waals surface area contributed by atoms with E-state index in [9.17, 15) is 19.8 Å². The third-order valence-corrected chi connectivity index (χ3v) is 11.5. The van der Waals surface area contributed by atoms with Crippen LogP contribution in [0.5, 0.6) is 0 Å². The topological polar surface area (TPSA) is 95.9 Å².